The van der Waals surface area contributed by atoms with Crippen LogP contribution in [0.3, 0.4) is 0 Å². The number of ether oxygens (including phenoxy) is 2. The summed E-state index contributed by atoms with van der Waals surface area (Å²) in [6, 6.07) is 5.46. The quantitative estimate of drug-likeness (QED) is 0.565. The van der Waals surface area contributed by atoms with Crippen molar-refractivity contribution in [3.8, 4) is 5.75 Å². The first-order chi connectivity index (χ1) is 12.8. The maximum atomic E-state index is 12.5. The minimum atomic E-state index is -0.499. The minimum absolute atomic E-state index is 0.221. The highest BCUT2D eigenvalue weighted by Crippen LogP contribution is 2.30. The molecule has 2 aromatic heterocycles. The van der Waals surface area contributed by atoms with E-state index in [1.807, 2.05) is 12.1 Å². The van der Waals surface area contributed by atoms with Crippen LogP contribution in [0.1, 0.15) is 26.6 Å². The first-order valence-electron chi connectivity index (χ1n) is 7.68. The van der Waals surface area contributed by atoms with Crippen molar-refractivity contribution in [1.82, 2.24) is 9.97 Å². The highest BCUT2D eigenvalue weighted by molar-refractivity contribution is 9.10. The molecule has 0 aliphatic carbocycles. The molecule has 0 atom stereocenters. The predicted molar refractivity (Wildman–Crippen MR) is 111 cm³/mol. The van der Waals surface area contributed by atoms with Crippen LogP contribution in [0.5, 0.6) is 5.75 Å². The maximum Gasteiger partial charge on any atom is 0.348 e. The molecule has 3 rings (SSSR count). The first-order valence-corrected chi connectivity index (χ1v) is 9.67. The Hall–Kier alpha value is -2.16. The zero-order valence-electron chi connectivity index (χ0n) is 14.6. The van der Waals surface area contributed by atoms with Crippen LogP contribution in [0.25, 0.3) is 21.3 Å². The second kappa shape index (κ2) is 7.84. The third-order valence-corrected chi connectivity index (χ3v) is 5.94. The van der Waals surface area contributed by atoms with E-state index in [0.29, 0.717) is 26.4 Å². The van der Waals surface area contributed by atoms with Gasteiger partial charge in [0.2, 0.25) is 0 Å². The molecule has 1 aromatic carbocycles. The van der Waals surface area contributed by atoms with E-state index in [0.717, 1.165) is 21.4 Å². The third-order valence-electron chi connectivity index (χ3n) is 3.87. The van der Waals surface area contributed by atoms with E-state index in [-0.39, 0.29) is 16.4 Å². The van der Waals surface area contributed by atoms with Gasteiger partial charge < -0.3 is 14.5 Å². The molecule has 0 aliphatic heterocycles. The number of aromatic nitrogens is 2. The van der Waals surface area contributed by atoms with Crippen molar-refractivity contribution in [2.24, 2.45) is 0 Å². The molecule has 0 aliphatic rings. The van der Waals surface area contributed by atoms with Gasteiger partial charge in [-0.15, -0.1) is 11.3 Å². The number of fused-ring (bicyclic) bond motifs is 1. The Balaban J connectivity index is 2.07. The van der Waals surface area contributed by atoms with Crippen molar-refractivity contribution in [1.29, 1.82) is 0 Å². The molecule has 27 heavy (non-hydrogen) atoms. The van der Waals surface area contributed by atoms with Crippen LogP contribution in [-0.2, 0) is 4.74 Å². The fourth-order valence-electron chi connectivity index (χ4n) is 2.53. The largest absolute Gasteiger partial charge is 0.496 e. The molecule has 6 nitrogen and oxygen atoms in total. The average molecular weight is 470 g/mol. The third kappa shape index (κ3) is 3.78. The van der Waals surface area contributed by atoms with Gasteiger partial charge in [-0.05, 0) is 52.2 Å². The second-order valence-electron chi connectivity index (χ2n) is 5.53. The Morgan fingerprint density at radius 3 is 2.74 bits per heavy atom. The number of thiophene rings is 1. The Morgan fingerprint density at radius 1 is 1.37 bits per heavy atom. The molecular formula is C18H14BrClN2O4S. The van der Waals surface area contributed by atoms with E-state index in [9.17, 15) is 9.59 Å². The molecule has 2 heterocycles. The molecule has 0 bridgehead atoms. The topological polar surface area (TPSA) is 81.3 Å². The SMILES string of the molecule is COC(=O)c1sc2nc(/C(Cl)=C/c3ccc(OC)c(Br)c3)[nH]c(=O)c2c1C. The molecule has 0 saturated heterocycles. The fourth-order valence-corrected chi connectivity index (χ4v) is 4.41. The molecule has 0 fully saturated rings. The van der Waals surface area contributed by atoms with Crippen molar-refractivity contribution in [3.05, 3.63) is 54.9 Å². The summed E-state index contributed by atoms with van der Waals surface area (Å²) in [5, 5.41) is 0.623. The Kier molecular flexibility index (Phi) is 5.69. The summed E-state index contributed by atoms with van der Waals surface area (Å²) in [5.74, 6) is 0.417. The van der Waals surface area contributed by atoms with Crippen molar-refractivity contribution in [2.45, 2.75) is 6.92 Å². The van der Waals surface area contributed by atoms with E-state index in [2.05, 4.69) is 25.9 Å². The van der Waals surface area contributed by atoms with Gasteiger partial charge in [0.15, 0.2) is 5.82 Å². The van der Waals surface area contributed by atoms with E-state index in [4.69, 9.17) is 21.1 Å². The number of aryl methyl sites for hydroxylation is 1. The number of aromatic amines is 1. The van der Waals surface area contributed by atoms with E-state index in [1.165, 1.54) is 7.11 Å². The lowest BCUT2D eigenvalue weighted by atomic mass is 10.2. The molecule has 9 heteroatoms. The number of methoxy groups -OCH3 is 2. The van der Waals surface area contributed by atoms with Crippen LogP contribution in [0.2, 0.25) is 0 Å². The van der Waals surface area contributed by atoms with Crippen LogP contribution in [0.15, 0.2) is 27.5 Å². The Morgan fingerprint density at radius 2 is 2.11 bits per heavy atom. The summed E-state index contributed by atoms with van der Waals surface area (Å²) in [6.07, 6.45) is 1.68. The standard InChI is InChI=1S/C18H14BrClN2O4S/c1-8-13-16(23)21-15(22-17(13)27-14(8)18(24)26-3)11(20)7-9-4-5-12(25-2)10(19)6-9/h4-7H,1-3H3,(H,21,22,23)/b11-7-. The zero-order chi connectivity index (χ0) is 19.7. The minimum Gasteiger partial charge on any atom is -0.496 e. The number of carbonyl (C=O) groups is 1. The van der Waals surface area contributed by atoms with Crippen LogP contribution >= 0.6 is 38.9 Å². The van der Waals surface area contributed by atoms with E-state index in [1.54, 1.807) is 26.2 Å². The lowest BCUT2D eigenvalue weighted by Gasteiger charge is -2.04. The number of carbonyl (C=O) groups excluding carboxylic acids is 1. The number of nitrogens with zero attached hydrogens (tertiary/aromatic N) is 1. The van der Waals surface area contributed by atoms with Gasteiger partial charge in [-0.3, -0.25) is 4.79 Å². The van der Waals surface area contributed by atoms with Gasteiger partial charge in [0.05, 0.1) is 29.1 Å². The van der Waals surface area contributed by atoms with Crippen LogP contribution in [0, 0.1) is 6.92 Å². The highest BCUT2D eigenvalue weighted by Gasteiger charge is 2.20. The molecule has 0 amide bonds. The normalized spacial score (nSPS) is 11.7. The highest BCUT2D eigenvalue weighted by atomic mass is 79.9. The van der Waals surface area contributed by atoms with Gasteiger partial charge in [-0.2, -0.15) is 0 Å². The molecular weight excluding hydrogens is 456 g/mol. The lowest BCUT2D eigenvalue weighted by molar-refractivity contribution is 0.0605. The Bertz CT molecular complexity index is 1140. The lowest BCUT2D eigenvalue weighted by Crippen LogP contribution is -2.10. The summed E-state index contributed by atoms with van der Waals surface area (Å²) in [7, 11) is 2.87. The Labute approximate surface area is 171 Å². The monoisotopic (exact) mass is 468 g/mol. The number of esters is 1. The second-order valence-corrected chi connectivity index (χ2v) is 7.79. The molecule has 3 aromatic rings. The molecule has 1 N–H and O–H groups in total. The average Bonchev–Trinajstić information content (AvgIpc) is 2.98. The van der Waals surface area contributed by atoms with Crippen molar-refractivity contribution >= 4 is 66.2 Å². The van der Waals surface area contributed by atoms with E-state index >= 15 is 0 Å². The number of nitrogens with one attached hydrogen (secondary N) is 1. The molecule has 140 valence electrons. The zero-order valence-corrected chi connectivity index (χ0v) is 17.7. The maximum absolute atomic E-state index is 12.5. The smallest absolute Gasteiger partial charge is 0.348 e. The number of H-pyrrole nitrogens is 1. The summed E-state index contributed by atoms with van der Waals surface area (Å²) in [5.41, 5.74) is 0.982. The van der Waals surface area contributed by atoms with Crippen molar-refractivity contribution in [3.63, 3.8) is 0 Å². The summed E-state index contributed by atoms with van der Waals surface area (Å²) >= 11 is 10.9. The molecule has 0 spiro atoms. The number of hydrogen-bond acceptors (Lipinski definition) is 6. The molecule has 0 unspecified atom stereocenters. The van der Waals surface area contributed by atoms with Gasteiger partial charge in [0.25, 0.3) is 5.56 Å². The fraction of sp³-hybridized carbons (Fsp3) is 0.167. The number of halogens is 2. The van der Waals surface area contributed by atoms with Gasteiger partial charge in [0.1, 0.15) is 15.5 Å². The summed E-state index contributed by atoms with van der Waals surface area (Å²) < 4.78 is 10.7. The number of hydrogen-bond donors (Lipinski definition) is 1. The van der Waals surface area contributed by atoms with Crippen LogP contribution in [0.4, 0.5) is 0 Å². The summed E-state index contributed by atoms with van der Waals surface area (Å²) in [6.45, 7) is 1.69. The van der Waals surface area contributed by atoms with Gasteiger partial charge in [-0.25, -0.2) is 9.78 Å². The van der Waals surface area contributed by atoms with Crippen LogP contribution < -0.4 is 10.3 Å². The predicted octanol–water partition coefficient (Wildman–Crippen LogP) is 4.59. The summed E-state index contributed by atoms with van der Waals surface area (Å²) in [4.78, 5) is 32.2. The van der Waals surface area contributed by atoms with Crippen LogP contribution in [-0.4, -0.2) is 30.2 Å². The molecule has 0 saturated carbocycles. The number of rotatable bonds is 4. The van der Waals surface area contributed by atoms with Crippen molar-refractivity contribution in [2.75, 3.05) is 14.2 Å². The van der Waals surface area contributed by atoms with E-state index < -0.39 is 5.97 Å². The van der Waals surface area contributed by atoms with Crippen molar-refractivity contribution < 1.29 is 14.3 Å². The van der Waals surface area contributed by atoms with Gasteiger partial charge >= 0.3 is 5.97 Å². The first kappa shape index (κ1) is 19.6. The van der Waals surface area contributed by atoms with Gasteiger partial charge in [0, 0.05) is 0 Å². The van der Waals surface area contributed by atoms with Gasteiger partial charge in [-0.1, -0.05) is 17.7 Å². The number of benzene rings is 1. The molecule has 0 radical (unpaired) electrons.